The molecule has 152 valence electrons. The van der Waals surface area contributed by atoms with Crippen LogP contribution in [0, 0.1) is 0 Å². The molecular formula is C23H24N6O. The Labute approximate surface area is 174 Å². The summed E-state index contributed by atoms with van der Waals surface area (Å²) >= 11 is 0. The fourth-order valence-corrected chi connectivity index (χ4v) is 4.58. The summed E-state index contributed by atoms with van der Waals surface area (Å²) in [5, 5.41) is 9.33. The third kappa shape index (κ3) is 3.20. The quantitative estimate of drug-likeness (QED) is 0.567. The highest BCUT2D eigenvalue weighted by molar-refractivity contribution is 5.88. The maximum absolute atomic E-state index is 5.45. The van der Waals surface area contributed by atoms with Crippen LogP contribution in [-0.2, 0) is 4.74 Å². The van der Waals surface area contributed by atoms with Crippen molar-refractivity contribution in [3.63, 3.8) is 0 Å². The van der Waals surface area contributed by atoms with Crippen molar-refractivity contribution < 1.29 is 4.74 Å². The van der Waals surface area contributed by atoms with Crippen LogP contribution in [0.15, 0.2) is 55.0 Å². The van der Waals surface area contributed by atoms with Crippen molar-refractivity contribution in [2.24, 2.45) is 0 Å². The molecule has 1 aliphatic carbocycles. The van der Waals surface area contributed by atoms with Gasteiger partial charge in [-0.3, -0.25) is 9.88 Å². The molecule has 7 heteroatoms. The summed E-state index contributed by atoms with van der Waals surface area (Å²) in [4.78, 5) is 11.5. The van der Waals surface area contributed by atoms with E-state index in [-0.39, 0.29) is 0 Å². The molecule has 1 aliphatic heterocycles. The summed E-state index contributed by atoms with van der Waals surface area (Å²) in [6, 6.07) is 13.6. The fraction of sp³-hybridized carbons (Fsp3) is 0.348. The predicted molar refractivity (Wildman–Crippen MR) is 117 cm³/mol. The van der Waals surface area contributed by atoms with Gasteiger partial charge in [0, 0.05) is 48.5 Å². The van der Waals surface area contributed by atoms with E-state index in [1.807, 2.05) is 29.2 Å². The van der Waals surface area contributed by atoms with Gasteiger partial charge in [-0.1, -0.05) is 12.1 Å². The van der Waals surface area contributed by atoms with Crippen LogP contribution in [0.4, 0.5) is 5.95 Å². The topological polar surface area (TPSA) is 67.6 Å². The minimum atomic E-state index is 0.443. The third-order valence-corrected chi connectivity index (χ3v) is 6.34. The molecule has 0 bridgehead atoms. The van der Waals surface area contributed by atoms with E-state index >= 15 is 0 Å². The largest absolute Gasteiger partial charge is 0.379 e. The second kappa shape index (κ2) is 7.34. The minimum absolute atomic E-state index is 0.443. The second-order valence-corrected chi connectivity index (χ2v) is 8.17. The van der Waals surface area contributed by atoms with Crippen LogP contribution >= 0.6 is 0 Å². The van der Waals surface area contributed by atoms with Crippen molar-refractivity contribution >= 4 is 22.4 Å². The van der Waals surface area contributed by atoms with Crippen LogP contribution in [0.25, 0.3) is 27.5 Å². The highest BCUT2D eigenvalue weighted by Gasteiger charge is 2.34. The fourth-order valence-electron chi connectivity index (χ4n) is 4.58. The standard InChI is InChI=1S/C23H24N6O/c1-2-17-12-16(3-4-21(17)24-6-1)20-5-7-29-22(20)15-25-23(27-29)26-18-13-19(14-18)28-8-10-30-11-9-28/h1-7,12,15,18-19H,8-11,13-14H2,(H,26,27)/t18-,19-. The van der Waals surface area contributed by atoms with Crippen LogP contribution in [-0.4, -0.2) is 62.9 Å². The predicted octanol–water partition coefficient (Wildman–Crippen LogP) is 3.22. The molecule has 6 rings (SSSR count). The second-order valence-electron chi connectivity index (χ2n) is 8.17. The molecule has 0 unspecified atom stereocenters. The van der Waals surface area contributed by atoms with Crippen LogP contribution < -0.4 is 5.32 Å². The number of nitrogens with one attached hydrogen (secondary N) is 1. The van der Waals surface area contributed by atoms with Crippen molar-refractivity contribution in [1.82, 2.24) is 24.5 Å². The lowest BCUT2D eigenvalue weighted by molar-refractivity contribution is -0.00443. The van der Waals surface area contributed by atoms with Crippen LogP contribution in [0.1, 0.15) is 12.8 Å². The first-order valence-corrected chi connectivity index (χ1v) is 10.6. The summed E-state index contributed by atoms with van der Waals surface area (Å²) in [7, 11) is 0. The van der Waals surface area contributed by atoms with Crippen molar-refractivity contribution in [3.8, 4) is 11.1 Å². The van der Waals surface area contributed by atoms with Gasteiger partial charge in [0.05, 0.1) is 30.4 Å². The average Bonchev–Trinajstić information content (AvgIpc) is 3.19. The monoisotopic (exact) mass is 400 g/mol. The van der Waals surface area contributed by atoms with Gasteiger partial charge in [0.2, 0.25) is 5.95 Å². The Balaban J connectivity index is 1.18. The molecule has 0 spiro atoms. The average molecular weight is 400 g/mol. The molecule has 0 radical (unpaired) electrons. The number of fused-ring (bicyclic) bond motifs is 2. The number of pyridine rings is 1. The Morgan fingerprint density at radius 2 is 1.93 bits per heavy atom. The van der Waals surface area contributed by atoms with E-state index in [9.17, 15) is 0 Å². The van der Waals surface area contributed by atoms with Gasteiger partial charge in [-0.25, -0.2) is 9.50 Å². The zero-order valence-electron chi connectivity index (χ0n) is 16.7. The highest BCUT2D eigenvalue weighted by Crippen LogP contribution is 2.30. The van der Waals surface area contributed by atoms with Crippen molar-refractivity contribution in [1.29, 1.82) is 0 Å². The first-order chi connectivity index (χ1) is 14.8. The van der Waals surface area contributed by atoms with Gasteiger partial charge in [0.1, 0.15) is 0 Å². The van der Waals surface area contributed by atoms with E-state index in [1.165, 1.54) is 0 Å². The first kappa shape index (κ1) is 17.8. The zero-order chi connectivity index (χ0) is 19.9. The van der Waals surface area contributed by atoms with E-state index in [4.69, 9.17) is 9.84 Å². The lowest BCUT2D eigenvalue weighted by atomic mass is 9.85. The molecule has 0 amide bonds. The maximum atomic E-state index is 5.45. The van der Waals surface area contributed by atoms with E-state index in [2.05, 4.69) is 50.5 Å². The lowest BCUT2D eigenvalue weighted by Crippen LogP contribution is -2.53. The molecule has 7 nitrogen and oxygen atoms in total. The number of hydrogen-bond donors (Lipinski definition) is 1. The molecule has 1 N–H and O–H groups in total. The van der Waals surface area contributed by atoms with Gasteiger partial charge in [-0.2, -0.15) is 0 Å². The number of benzene rings is 1. The molecule has 30 heavy (non-hydrogen) atoms. The summed E-state index contributed by atoms with van der Waals surface area (Å²) in [5.74, 6) is 0.692. The van der Waals surface area contributed by atoms with Crippen LogP contribution in [0.2, 0.25) is 0 Å². The summed E-state index contributed by atoms with van der Waals surface area (Å²) < 4.78 is 7.37. The summed E-state index contributed by atoms with van der Waals surface area (Å²) in [5.41, 5.74) is 4.28. The van der Waals surface area contributed by atoms with Gasteiger partial charge < -0.3 is 10.1 Å². The number of aromatic nitrogens is 4. The highest BCUT2D eigenvalue weighted by atomic mass is 16.5. The van der Waals surface area contributed by atoms with Gasteiger partial charge in [-0.15, -0.1) is 5.10 Å². The van der Waals surface area contributed by atoms with Crippen molar-refractivity contribution in [3.05, 3.63) is 55.0 Å². The van der Waals surface area contributed by atoms with Crippen LogP contribution in [0.5, 0.6) is 0 Å². The van der Waals surface area contributed by atoms with E-state index in [1.54, 1.807) is 0 Å². The van der Waals surface area contributed by atoms with Gasteiger partial charge in [0.15, 0.2) is 0 Å². The molecule has 1 saturated heterocycles. The molecule has 1 saturated carbocycles. The number of nitrogens with zero attached hydrogens (tertiary/aromatic N) is 5. The number of ether oxygens (including phenoxy) is 1. The molecule has 3 aromatic heterocycles. The SMILES string of the molecule is c1cnc2ccc(-c3ccn4nc(N[C@H]5C[C@H](N6CCOCC6)C5)ncc34)cc2c1. The molecule has 4 heterocycles. The van der Waals surface area contributed by atoms with Gasteiger partial charge >= 0.3 is 0 Å². The Bertz CT molecular complexity index is 1190. The maximum Gasteiger partial charge on any atom is 0.241 e. The number of rotatable bonds is 4. The molecule has 2 fully saturated rings. The minimum Gasteiger partial charge on any atom is -0.379 e. The molecule has 0 atom stereocenters. The number of hydrogen-bond acceptors (Lipinski definition) is 6. The Hall–Kier alpha value is -3.03. The first-order valence-electron chi connectivity index (χ1n) is 10.6. The summed E-state index contributed by atoms with van der Waals surface area (Å²) in [6.07, 6.45) is 8.02. The normalized spacial score (nSPS) is 22.3. The summed E-state index contributed by atoms with van der Waals surface area (Å²) in [6.45, 7) is 3.82. The Kier molecular flexibility index (Phi) is 4.35. The van der Waals surface area contributed by atoms with Gasteiger partial charge in [0.25, 0.3) is 0 Å². The molecule has 4 aromatic rings. The van der Waals surface area contributed by atoms with Crippen molar-refractivity contribution in [2.75, 3.05) is 31.6 Å². The zero-order valence-corrected chi connectivity index (χ0v) is 16.7. The molecular weight excluding hydrogens is 376 g/mol. The number of anilines is 1. The van der Waals surface area contributed by atoms with E-state index in [0.717, 1.165) is 66.7 Å². The third-order valence-electron chi connectivity index (χ3n) is 6.34. The lowest BCUT2D eigenvalue weighted by Gasteiger charge is -2.44. The Morgan fingerprint density at radius 1 is 1.03 bits per heavy atom. The molecule has 1 aromatic carbocycles. The molecule has 2 aliphatic rings. The van der Waals surface area contributed by atoms with E-state index < -0.39 is 0 Å². The van der Waals surface area contributed by atoms with Crippen molar-refractivity contribution in [2.45, 2.75) is 24.9 Å². The van der Waals surface area contributed by atoms with E-state index in [0.29, 0.717) is 18.0 Å². The smallest absolute Gasteiger partial charge is 0.241 e. The number of morpholine rings is 1. The van der Waals surface area contributed by atoms with Gasteiger partial charge in [-0.05, 0) is 42.7 Å². The van der Waals surface area contributed by atoms with Crippen LogP contribution in [0.3, 0.4) is 0 Å². The Morgan fingerprint density at radius 3 is 2.83 bits per heavy atom.